The molecule has 0 amide bonds. The maximum absolute atomic E-state index is 5.38. The van der Waals surface area contributed by atoms with Crippen molar-refractivity contribution in [3.8, 4) is 11.5 Å². The van der Waals surface area contributed by atoms with Crippen molar-refractivity contribution in [1.29, 1.82) is 0 Å². The van der Waals surface area contributed by atoms with Gasteiger partial charge in [0.1, 0.15) is 0 Å². The van der Waals surface area contributed by atoms with Crippen molar-refractivity contribution >= 4 is 27.3 Å². The van der Waals surface area contributed by atoms with Crippen LogP contribution in [0.5, 0.6) is 11.5 Å². The Morgan fingerprint density at radius 2 is 2.12 bits per heavy atom. The van der Waals surface area contributed by atoms with Crippen molar-refractivity contribution in [2.24, 2.45) is 0 Å². The monoisotopic (exact) mass is 310 g/mol. The van der Waals surface area contributed by atoms with Gasteiger partial charge in [-0.1, -0.05) is 22.0 Å². The van der Waals surface area contributed by atoms with Gasteiger partial charge < -0.3 is 9.47 Å². The molecule has 1 aromatic carbocycles. The zero-order chi connectivity index (χ0) is 11.7. The molecule has 2 heterocycles. The van der Waals surface area contributed by atoms with Crippen LogP contribution in [0.25, 0.3) is 0 Å². The number of fused-ring (bicyclic) bond motifs is 1. The van der Waals surface area contributed by atoms with E-state index in [0.717, 1.165) is 17.9 Å². The molecule has 4 heteroatoms. The van der Waals surface area contributed by atoms with E-state index in [9.17, 15) is 0 Å². The van der Waals surface area contributed by atoms with Gasteiger partial charge in [0.15, 0.2) is 11.5 Å². The van der Waals surface area contributed by atoms with Gasteiger partial charge in [-0.2, -0.15) is 11.3 Å². The Bertz CT molecular complexity index is 510. The molecule has 0 fully saturated rings. The Hall–Kier alpha value is -1.00. The Morgan fingerprint density at radius 3 is 2.94 bits per heavy atom. The highest BCUT2D eigenvalue weighted by Crippen LogP contribution is 2.37. The summed E-state index contributed by atoms with van der Waals surface area (Å²) >= 11 is 5.46. The minimum absolute atomic E-state index is 0.312. The molecule has 0 aliphatic carbocycles. The molecule has 1 aromatic heterocycles. The minimum Gasteiger partial charge on any atom is -0.454 e. The molecule has 1 aliphatic heterocycles. The van der Waals surface area contributed by atoms with Crippen molar-refractivity contribution in [2.75, 3.05) is 6.79 Å². The number of alkyl halides is 1. The van der Waals surface area contributed by atoms with E-state index >= 15 is 0 Å². The second kappa shape index (κ2) is 4.70. The van der Waals surface area contributed by atoms with Crippen LogP contribution in [0.1, 0.15) is 16.0 Å². The predicted octanol–water partition coefficient (Wildman–Crippen LogP) is 4.16. The zero-order valence-corrected chi connectivity index (χ0v) is 11.5. The summed E-state index contributed by atoms with van der Waals surface area (Å²) in [6.45, 7) is 0.330. The topological polar surface area (TPSA) is 18.5 Å². The number of benzene rings is 1. The molecule has 1 aliphatic rings. The summed E-state index contributed by atoms with van der Waals surface area (Å²) in [6.07, 6.45) is 0.989. The average Bonchev–Trinajstić information content (AvgIpc) is 2.97. The highest BCUT2D eigenvalue weighted by atomic mass is 79.9. The summed E-state index contributed by atoms with van der Waals surface area (Å²) in [5.74, 6) is 1.68. The van der Waals surface area contributed by atoms with Crippen LogP contribution in [-0.2, 0) is 6.42 Å². The van der Waals surface area contributed by atoms with Gasteiger partial charge in [-0.05, 0) is 46.5 Å². The van der Waals surface area contributed by atoms with Gasteiger partial charge in [-0.25, -0.2) is 0 Å². The van der Waals surface area contributed by atoms with E-state index in [4.69, 9.17) is 9.47 Å². The van der Waals surface area contributed by atoms with Gasteiger partial charge in [0.05, 0.1) is 0 Å². The maximum atomic E-state index is 5.38. The summed E-state index contributed by atoms with van der Waals surface area (Å²) in [4.78, 5) is 0.312. The van der Waals surface area contributed by atoms with Crippen LogP contribution in [0.15, 0.2) is 35.0 Å². The first-order valence-electron chi connectivity index (χ1n) is 5.37. The Kier molecular flexibility index (Phi) is 3.07. The van der Waals surface area contributed by atoms with Gasteiger partial charge in [0, 0.05) is 4.83 Å². The number of ether oxygens (including phenoxy) is 2. The third-order valence-electron chi connectivity index (χ3n) is 2.75. The molecule has 1 unspecified atom stereocenters. The lowest BCUT2D eigenvalue weighted by Gasteiger charge is -2.09. The van der Waals surface area contributed by atoms with Gasteiger partial charge in [0.2, 0.25) is 6.79 Å². The molecule has 17 heavy (non-hydrogen) atoms. The maximum Gasteiger partial charge on any atom is 0.231 e. The van der Waals surface area contributed by atoms with Crippen molar-refractivity contribution in [3.05, 3.63) is 46.2 Å². The molecule has 2 aromatic rings. The molecule has 0 saturated heterocycles. The SMILES string of the molecule is BrC(Cc1ccsc1)c1ccc2c(c1)OCO2. The van der Waals surface area contributed by atoms with Gasteiger partial charge >= 0.3 is 0 Å². The van der Waals surface area contributed by atoms with Crippen molar-refractivity contribution in [1.82, 2.24) is 0 Å². The normalized spacial score (nSPS) is 14.9. The van der Waals surface area contributed by atoms with Crippen LogP contribution in [0.4, 0.5) is 0 Å². The van der Waals surface area contributed by atoms with E-state index in [0.29, 0.717) is 11.6 Å². The van der Waals surface area contributed by atoms with Gasteiger partial charge in [-0.3, -0.25) is 0 Å². The van der Waals surface area contributed by atoms with Crippen LogP contribution in [0.3, 0.4) is 0 Å². The minimum atomic E-state index is 0.312. The molecule has 1 atom stereocenters. The molecular formula is C13H11BrO2S. The smallest absolute Gasteiger partial charge is 0.231 e. The van der Waals surface area contributed by atoms with Crippen molar-refractivity contribution in [2.45, 2.75) is 11.2 Å². The molecule has 2 nitrogen and oxygen atoms in total. The molecular weight excluding hydrogens is 300 g/mol. The highest BCUT2D eigenvalue weighted by Gasteiger charge is 2.16. The first kappa shape index (κ1) is 11.1. The van der Waals surface area contributed by atoms with Crippen LogP contribution >= 0.6 is 27.3 Å². The zero-order valence-electron chi connectivity index (χ0n) is 9.06. The summed E-state index contributed by atoms with van der Waals surface area (Å²) in [6, 6.07) is 8.26. The van der Waals surface area contributed by atoms with Gasteiger partial charge in [-0.15, -0.1) is 0 Å². The fraction of sp³-hybridized carbons (Fsp3) is 0.231. The number of hydrogen-bond acceptors (Lipinski definition) is 3. The molecule has 88 valence electrons. The summed E-state index contributed by atoms with van der Waals surface area (Å²) in [7, 11) is 0. The Balaban J connectivity index is 1.79. The van der Waals surface area contributed by atoms with Crippen LogP contribution in [0.2, 0.25) is 0 Å². The summed E-state index contributed by atoms with van der Waals surface area (Å²) in [5.41, 5.74) is 2.58. The first-order valence-corrected chi connectivity index (χ1v) is 7.23. The first-order chi connectivity index (χ1) is 8.33. The van der Waals surface area contributed by atoms with Crippen LogP contribution in [-0.4, -0.2) is 6.79 Å². The van der Waals surface area contributed by atoms with Crippen LogP contribution < -0.4 is 9.47 Å². The van der Waals surface area contributed by atoms with E-state index in [-0.39, 0.29) is 0 Å². The standard InChI is InChI=1S/C13H11BrO2S/c14-11(5-9-3-4-17-7-9)10-1-2-12-13(6-10)16-8-15-12/h1-4,6-7,11H,5,8H2. The fourth-order valence-electron chi connectivity index (χ4n) is 1.84. The van der Waals surface area contributed by atoms with E-state index in [2.05, 4.69) is 38.8 Å². The third kappa shape index (κ3) is 2.33. The summed E-state index contributed by atoms with van der Waals surface area (Å²) < 4.78 is 10.7. The molecule has 0 spiro atoms. The quantitative estimate of drug-likeness (QED) is 0.793. The van der Waals surface area contributed by atoms with Crippen LogP contribution in [0, 0.1) is 0 Å². The average molecular weight is 311 g/mol. The van der Waals surface area contributed by atoms with E-state index in [1.54, 1.807) is 11.3 Å². The number of rotatable bonds is 3. The Morgan fingerprint density at radius 1 is 1.24 bits per heavy atom. The lowest BCUT2D eigenvalue weighted by atomic mass is 10.1. The number of hydrogen-bond donors (Lipinski definition) is 0. The molecule has 0 bridgehead atoms. The van der Waals surface area contributed by atoms with E-state index in [1.807, 2.05) is 12.1 Å². The largest absolute Gasteiger partial charge is 0.454 e. The highest BCUT2D eigenvalue weighted by molar-refractivity contribution is 9.09. The lowest BCUT2D eigenvalue weighted by molar-refractivity contribution is 0.174. The van der Waals surface area contributed by atoms with Crippen molar-refractivity contribution in [3.63, 3.8) is 0 Å². The number of halogens is 1. The lowest BCUT2D eigenvalue weighted by Crippen LogP contribution is -1.94. The van der Waals surface area contributed by atoms with Crippen molar-refractivity contribution < 1.29 is 9.47 Å². The molecule has 0 radical (unpaired) electrons. The molecule has 0 saturated carbocycles. The van der Waals surface area contributed by atoms with E-state index < -0.39 is 0 Å². The second-order valence-corrected chi connectivity index (χ2v) is 5.80. The molecule has 0 N–H and O–H groups in total. The summed E-state index contributed by atoms with van der Waals surface area (Å²) in [5, 5.41) is 4.29. The molecule has 3 rings (SSSR count). The second-order valence-electron chi connectivity index (χ2n) is 3.92. The number of thiophene rings is 1. The third-order valence-corrected chi connectivity index (χ3v) is 4.34. The Labute approximate surface area is 112 Å². The van der Waals surface area contributed by atoms with E-state index in [1.165, 1.54) is 11.1 Å². The van der Waals surface area contributed by atoms with Gasteiger partial charge in [0.25, 0.3) is 0 Å². The predicted molar refractivity (Wildman–Crippen MR) is 72.3 cm³/mol. The fourth-order valence-corrected chi connectivity index (χ4v) is 3.18.